The molecule has 25 aromatic rings. The second-order valence-corrected chi connectivity index (χ2v) is 37.4. The average molecular weight is 1740 g/mol. The molecule has 0 radical (unpaired) electrons. The van der Waals surface area contributed by atoms with Gasteiger partial charge in [-0.05, 0) is 235 Å². The lowest BCUT2D eigenvalue weighted by atomic mass is 9.68. The number of para-hydroxylation sites is 4. The van der Waals surface area contributed by atoms with Crippen molar-refractivity contribution in [1.82, 2.24) is 9.13 Å². The van der Waals surface area contributed by atoms with E-state index in [-0.39, 0.29) is 0 Å². The number of rotatable bonds is 15. The van der Waals surface area contributed by atoms with E-state index in [4.69, 9.17) is 0 Å². The van der Waals surface area contributed by atoms with Crippen LogP contribution in [0.5, 0.6) is 0 Å². The van der Waals surface area contributed by atoms with Gasteiger partial charge in [-0.1, -0.05) is 364 Å². The van der Waals surface area contributed by atoms with Crippen LogP contribution < -0.4 is 9.80 Å². The fraction of sp³-hybridized carbons (Fsp3) is 0.0156. The van der Waals surface area contributed by atoms with Gasteiger partial charge in [-0.3, -0.25) is 0 Å². The molecule has 0 amide bonds. The summed E-state index contributed by atoms with van der Waals surface area (Å²) >= 11 is 3.72. The van der Waals surface area contributed by atoms with Crippen LogP contribution in [0.1, 0.15) is 44.5 Å². The van der Waals surface area contributed by atoms with Gasteiger partial charge in [0.05, 0.1) is 44.3 Å². The molecule has 0 aliphatic heterocycles. The number of thiophene rings is 2. The number of hydrogen-bond donors (Lipinski definition) is 0. The van der Waals surface area contributed by atoms with E-state index in [1.165, 1.54) is 184 Å². The fourth-order valence-electron chi connectivity index (χ4n) is 22.4. The topological polar surface area (TPSA) is 16.3 Å². The highest BCUT2D eigenvalue weighted by molar-refractivity contribution is 7.26. The highest BCUT2D eigenvalue weighted by atomic mass is 32.1. The SMILES string of the molecule is c1ccc(C2(c3ccccc3)c3ccccc3-c3c(N(c4ccc(-c5ccc(-n6c7ccccc7c7ccccc76)cc5)cc4)c4ccc(-c5ccc6sc7ccccc7c6c5)cc4)cccc32)cc1.c1ccc(C2(c3ccccc3)c3ccccc3-c3c(N(c4ccc(-c5ccc6sc7ccccc7c6c5)cc4)c4ccc(-n5c6ccccc6c6ccccc65)cc4)cccc32)cc1. The third kappa shape index (κ3) is 12.5. The van der Waals surface area contributed by atoms with E-state index in [1.807, 2.05) is 22.7 Å². The first kappa shape index (κ1) is 78.3. The molecular formula is C128H84N4S2. The molecule has 0 unspecified atom stereocenters. The lowest BCUT2D eigenvalue weighted by Crippen LogP contribution is -2.28. The third-order valence-electron chi connectivity index (χ3n) is 28.2. The number of anilines is 6. The van der Waals surface area contributed by atoms with Crippen molar-refractivity contribution in [3.63, 3.8) is 0 Å². The van der Waals surface area contributed by atoms with Gasteiger partial charge in [0.1, 0.15) is 0 Å². The van der Waals surface area contributed by atoms with Crippen molar-refractivity contribution in [1.29, 1.82) is 0 Å². The summed E-state index contributed by atoms with van der Waals surface area (Å²) in [6.45, 7) is 0. The van der Waals surface area contributed by atoms with Crippen LogP contribution in [0.25, 0.3) is 151 Å². The van der Waals surface area contributed by atoms with Crippen LogP contribution in [0.2, 0.25) is 0 Å². The van der Waals surface area contributed by atoms with E-state index in [2.05, 4.69) is 529 Å². The lowest BCUT2D eigenvalue weighted by molar-refractivity contribution is 0.768. The molecule has 628 valence electrons. The van der Waals surface area contributed by atoms with Crippen LogP contribution in [-0.4, -0.2) is 9.13 Å². The Morgan fingerprint density at radius 2 is 0.433 bits per heavy atom. The van der Waals surface area contributed by atoms with Gasteiger partial charge in [0.15, 0.2) is 0 Å². The van der Waals surface area contributed by atoms with E-state index >= 15 is 0 Å². The van der Waals surface area contributed by atoms with Gasteiger partial charge in [-0.2, -0.15) is 0 Å². The smallest absolute Gasteiger partial charge is 0.0714 e. The maximum absolute atomic E-state index is 2.47. The highest BCUT2D eigenvalue weighted by Gasteiger charge is 2.49. The molecule has 27 rings (SSSR count). The van der Waals surface area contributed by atoms with Gasteiger partial charge in [0.25, 0.3) is 0 Å². The van der Waals surface area contributed by atoms with Gasteiger partial charge >= 0.3 is 0 Å². The first-order chi connectivity index (χ1) is 66.5. The molecule has 4 heterocycles. The maximum atomic E-state index is 2.47. The molecule has 4 nitrogen and oxygen atoms in total. The monoisotopic (exact) mass is 1740 g/mol. The van der Waals surface area contributed by atoms with Gasteiger partial charge in [-0.15, -0.1) is 22.7 Å². The minimum absolute atomic E-state index is 0.509. The number of fused-ring (bicyclic) bond motifs is 18. The Kier molecular flexibility index (Phi) is 18.8. The summed E-state index contributed by atoms with van der Waals surface area (Å²) in [4.78, 5) is 4.94. The maximum Gasteiger partial charge on any atom is 0.0714 e. The van der Waals surface area contributed by atoms with Crippen LogP contribution in [0.4, 0.5) is 34.1 Å². The van der Waals surface area contributed by atoms with Crippen molar-refractivity contribution in [2.75, 3.05) is 9.80 Å². The predicted molar refractivity (Wildman–Crippen MR) is 568 cm³/mol. The molecule has 0 bridgehead atoms. The van der Waals surface area contributed by atoms with Crippen LogP contribution in [0.15, 0.2) is 510 Å². The largest absolute Gasteiger partial charge is 0.310 e. The molecule has 2 aliphatic rings. The van der Waals surface area contributed by atoms with Crippen molar-refractivity contribution in [3.05, 3.63) is 554 Å². The minimum atomic E-state index is -0.514. The number of benzene rings is 21. The molecule has 6 heteroatoms. The van der Waals surface area contributed by atoms with Crippen molar-refractivity contribution < 1.29 is 0 Å². The Labute approximate surface area is 785 Å². The predicted octanol–water partition coefficient (Wildman–Crippen LogP) is 35.0. The second-order valence-electron chi connectivity index (χ2n) is 35.2. The van der Waals surface area contributed by atoms with Gasteiger partial charge in [-0.25, -0.2) is 0 Å². The standard InChI is InChI=1S/C67H44N2S.C61H40N2S/c1-3-16-49(17-4-1)67(50-18-5-2-6-19-50)59-24-11-7-23-57(59)66-60(67)25-15-28-63(66)68(52-39-34-47(35-40-52)48-36-43-65-58(44-48)56-22-10-14-29-64(56)70-65)51-37-30-45(31-38-51)46-32-41-53(42-33-46)69-61-26-12-8-20-54(61)55-21-9-13-27-62(55)69;1-3-16-43(17-4-1)61(44-18-5-2-6-19-44)53-24-11-7-23-51(53)60-54(61)25-15-28-57(60)62(45-33-30-41(31-34-45)42-32-39-59-52(40-42)50-22-10-14-29-58(50)64-59)46-35-37-47(38-36-46)63-55-26-12-8-20-48(55)49-21-9-13-27-56(49)63/h1-44H;1-40H. The Balaban J connectivity index is 0.000000140. The zero-order chi connectivity index (χ0) is 88.4. The summed E-state index contributed by atoms with van der Waals surface area (Å²) in [6.07, 6.45) is 0. The first-order valence-electron chi connectivity index (χ1n) is 46.1. The molecule has 0 spiro atoms. The van der Waals surface area contributed by atoms with E-state index in [0.29, 0.717) is 0 Å². The van der Waals surface area contributed by atoms with E-state index < -0.39 is 10.8 Å². The Bertz CT molecular complexity index is 8650. The van der Waals surface area contributed by atoms with Crippen molar-refractivity contribution in [3.8, 4) is 67.0 Å². The van der Waals surface area contributed by atoms with E-state index in [0.717, 1.165) is 45.5 Å². The Hall–Kier alpha value is -16.7. The van der Waals surface area contributed by atoms with Crippen LogP contribution in [0, 0.1) is 0 Å². The third-order valence-corrected chi connectivity index (χ3v) is 30.5. The quantitative estimate of drug-likeness (QED) is 0.102. The molecule has 0 N–H and O–H groups in total. The fourth-order valence-corrected chi connectivity index (χ4v) is 24.5. The number of hydrogen-bond acceptors (Lipinski definition) is 4. The van der Waals surface area contributed by atoms with Crippen molar-refractivity contribution in [2.24, 2.45) is 0 Å². The van der Waals surface area contributed by atoms with Crippen molar-refractivity contribution >= 4 is 141 Å². The minimum Gasteiger partial charge on any atom is -0.310 e. The lowest BCUT2D eigenvalue weighted by Gasteiger charge is -2.34. The summed E-state index contributed by atoms with van der Waals surface area (Å²) in [5.74, 6) is 0. The zero-order valence-corrected chi connectivity index (χ0v) is 74.7. The Morgan fingerprint density at radius 1 is 0.179 bits per heavy atom. The van der Waals surface area contributed by atoms with Gasteiger partial charge in [0.2, 0.25) is 0 Å². The normalized spacial score (nSPS) is 12.7. The molecule has 0 saturated carbocycles. The molecular weight excluding hydrogens is 1660 g/mol. The average Bonchev–Trinajstić information content (AvgIpc) is 1.53. The number of nitrogens with zero attached hydrogens (tertiary/aromatic N) is 4. The summed E-state index contributed by atoms with van der Waals surface area (Å²) < 4.78 is 10.1. The molecule has 2 aliphatic carbocycles. The summed E-state index contributed by atoms with van der Waals surface area (Å²) in [7, 11) is 0. The summed E-state index contributed by atoms with van der Waals surface area (Å²) in [5.41, 5.74) is 35.1. The molecule has 4 aromatic heterocycles. The second kappa shape index (κ2) is 32.1. The zero-order valence-electron chi connectivity index (χ0n) is 73.1. The summed E-state index contributed by atoms with van der Waals surface area (Å²) in [6, 6.07) is 188. The summed E-state index contributed by atoms with van der Waals surface area (Å²) in [5, 5.41) is 10.3. The Morgan fingerprint density at radius 3 is 0.784 bits per heavy atom. The van der Waals surface area contributed by atoms with Gasteiger partial charge < -0.3 is 18.9 Å². The van der Waals surface area contributed by atoms with Crippen LogP contribution in [-0.2, 0) is 10.8 Å². The molecule has 21 aromatic carbocycles. The molecule has 0 atom stereocenters. The van der Waals surface area contributed by atoms with E-state index in [1.54, 1.807) is 0 Å². The van der Waals surface area contributed by atoms with Crippen molar-refractivity contribution in [2.45, 2.75) is 10.8 Å². The highest BCUT2D eigenvalue weighted by Crippen LogP contribution is 2.62. The first-order valence-corrected chi connectivity index (χ1v) is 47.7. The van der Waals surface area contributed by atoms with Gasteiger partial charge in [0, 0.05) is 107 Å². The van der Waals surface area contributed by atoms with Crippen LogP contribution in [0.3, 0.4) is 0 Å². The molecule has 0 saturated heterocycles. The number of aromatic nitrogens is 2. The molecule has 134 heavy (non-hydrogen) atoms. The molecule has 0 fully saturated rings. The van der Waals surface area contributed by atoms with E-state index in [9.17, 15) is 0 Å². The van der Waals surface area contributed by atoms with Crippen LogP contribution >= 0.6 is 22.7 Å².